The zero-order valence-corrected chi connectivity index (χ0v) is 8.46. The van der Waals surface area contributed by atoms with Gasteiger partial charge in [0.15, 0.2) is 0 Å². The van der Waals surface area contributed by atoms with Gasteiger partial charge in [0.1, 0.15) is 0 Å². The summed E-state index contributed by atoms with van der Waals surface area (Å²) in [7, 11) is -5.16. The molecule has 0 spiro atoms. The van der Waals surface area contributed by atoms with Gasteiger partial charge < -0.3 is 0 Å². The maximum absolute atomic E-state index is 9.28. The molecule has 0 fully saturated rings. The molecule has 0 bridgehead atoms. The van der Waals surface area contributed by atoms with Crippen LogP contribution in [0.3, 0.4) is 0 Å². The fourth-order valence-corrected chi connectivity index (χ4v) is 3.16. The van der Waals surface area contributed by atoms with Gasteiger partial charge >= 0.3 is 80.1 Å². The average Bonchev–Trinajstić information content (AvgIpc) is 2.01. The Morgan fingerprint density at radius 2 is 1.07 bits per heavy atom. The molecule has 0 aromatic rings. The molecule has 0 amide bonds. The van der Waals surface area contributed by atoms with Gasteiger partial charge in [0.2, 0.25) is 0 Å². The fraction of sp³-hybridized carbons (Fsp3) is 1.00. The van der Waals surface area contributed by atoms with Crippen LogP contribution in [0.2, 0.25) is 0 Å². The van der Waals surface area contributed by atoms with Crippen LogP contribution in [-0.4, -0.2) is 72.9 Å². The molecular formula is C6H17O7P. The number of aliphatic hydroxyl groups excluding tert-OH is 4. The van der Waals surface area contributed by atoms with Crippen LogP contribution in [-0.2, 0) is 0 Å². The summed E-state index contributed by atoms with van der Waals surface area (Å²) in [5.74, 6) is 0. The predicted octanol–water partition coefficient (Wildman–Crippen LogP) is -3.03. The third-order valence-electron chi connectivity index (χ3n) is 1.59. The monoisotopic (exact) mass is 232 g/mol. The Balaban J connectivity index is 4.35. The Morgan fingerprint density at radius 3 is 1.29 bits per heavy atom. The van der Waals surface area contributed by atoms with Crippen molar-refractivity contribution in [3.05, 3.63) is 0 Å². The number of hydrogen-bond donors (Lipinski definition) is 7. The first-order valence-electron chi connectivity index (χ1n) is 4.01. The zero-order chi connectivity index (χ0) is 11.4. The van der Waals surface area contributed by atoms with Crippen molar-refractivity contribution in [1.29, 1.82) is 0 Å². The quantitative estimate of drug-likeness (QED) is 0.241. The van der Waals surface area contributed by atoms with Gasteiger partial charge in [0.25, 0.3) is 0 Å². The first-order valence-corrected chi connectivity index (χ1v) is 6.48. The normalized spacial score (nSPS) is 19.8. The summed E-state index contributed by atoms with van der Waals surface area (Å²) in [5, 5.41) is 34.7. The second-order valence-electron chi connectivity index (χ2n) is 3.38. The number of rotatable bonds is 6. The number of hydrogen-bond acceptors (Lipinski definition) is 7. The molecule has 0 aromatic heterocycles. The van der Waals surface area contributed by atoms with E-state index in [4.69, 9.17) is 20.4 Å². The van der Waals surface area contributed by atoms with Crippen LogP contribution in [0.5, 0.6) is 0 Å². The van der Waals surface area contributed by atoms with Crippen molar-refractivity contribution in [1.82, 2.24) is 0 Å². The summed E-state index contributed by atoms with van der Waals surface area (Å²) in [5.41, 5.74) is 0. The van der Waals surface area contributed by atoms with Gasteiger partial charge in [0.05, 0.1) is 0 Å². The molecule has 0 aliphatic heterocycles. The molecule has 7 N–H and O–H groups in total. The Labute approximate surface area is 81.1 Å². The first-order chi connectivity index (χ1) is 6.18. The van der Waals surface area contributed by atoms with Crippen LogP contribution in [0.1, 0.15) is 0 Å². The van der Waals surface area contributed by atoms with Gasteiger partial charge in [-0.1, -0.05) is 0 Å². The molecule has 0 aliphatic rings. The minimum absolute atomic E-state index is 0.727. The van der Waals surface area contributed by atoms with Gasteiger partial charge in [-0.15, -0.1) is 0 Å². The summed E-state index contributed by atoms with van der Waals surface area (Å²) < 4.78 is 0. The molecule has 14 heavy (non-hydrogen) atoms. The average molecular weight is 232 g/mol. The van der Waals surface area contributed by atoms with Crippen molar-refractivity contribution in [2.24, 2.45) is 0 Å². The van der Waals surface area contributed by atoms with Crippen LogP contribution in [0.25, 0.3) is 0 Å². The molecule has 7 nitrogen and oxygen atoms in total. The molecule has 0 saturated heterocycles. The zero-order valence-electron chi connectivity index (χ0n) is 7.56. The summed E-state index contributed by atoms with van der Waals surface area (Å²) in [6.07, 6.45) is -4.59. The van der Waals surface area contributed by atoms with E-state index >= 15 is 0 Å². The van der Waals surface area contributed by atoms with Crippen molar-refractivity contribution in [2.45, 2.75) is 12.2 Å². The molecule has 0 aliphatic carbocycles. The van der Waals surface area contributed by atoms with Crippen LogP contribution < -0.4 is 0 Å². The summed E-state index contributed by atoms with van der Waals surface area (Å²) in [6, 6.07) is 0. The fourth-order valence-electron chi connectivity index (χ4n) is 1.05. The van der Waals surface area contributed by atoms with E-state index in [0.29, 0.717) is 0 Å². The van der Waals surface area contributed by atoms with Gasteiger partial charge in [-0.25, -0.2) is 0 Å². The van der Waals surface area contributed by atoms with E-state index in [9.17, 15) is 14.7 Å². The van der Waals surface area contributed by atoms with Crippen molar-refractivity contribution < 1.29 is 35.1 Å². The summed E-state index contributed by atoms with van der Waals surface area (Å²) >= 11 is 0. The van der Waals surface area contributed by atoms with Crippen molar-refractivity contribution in [3.63, 3.8) is 0 Å². The summed E-state index contributed by atoms with van der Waals surface area (Å²) in [6.45, 7) is -1.45. The van der Waals surface area contributed by atoms with E-state index in [2.05, 4.69) is 0 Å². The third-order valence-corrected chi connectivity index (χ3v) is 3.93. The Kier molecular flexibility index (Phi) is 4.83. The maximum atomic E-state index is 9.28. The second-order valence-corrected chi connectivity index (χ2v) is 6.79. The molecule has 2 unspecified atom stereocenters. The van der Waals surface area contributed by atoms with Gasteiger partial charge in [-0.2, -0.15) is 0 Å². The molecule has 0 saturated carbocycles. The van der Waals surface area contributed by atoms with E-state index in [-0.39, 0.29) is 0 Å². The standard InChI is InChI=1S/C6H17O7P/c7-1-5(9)3-14(11,12,13)4-6(10)2-8/h5-13H,1-4H2. The molecule has 0 rings (SSSR count). The van der Waals surface area contributed by atoms with E-state index in [0.717, 1.165) is 0 Å². The van der Waals surface area contributed by atoms with Crippen molar-refractivity contribution >= 4 is 7.28 Å². The topological polar surface area (TPSA) is 142 Å². The predicted molar refractivity (Wildman–Crippen MR) is 49.5 cm³/mol. The third kappa shape index (κ3) is 5.79. The number of aliphatic hydroxyl groups is 4. The Morgan fingerprint density at radius 1 is 0.786 bits per heavy atom. The van der Waals surface area contributed by atoms with Crippen LogP contribution >= 0.6 is 7.28 Å². The van der Waals surface area contributed by atoms with E-state index in [1.807, 2.05) is 0 Å². The van der Waals surface area contributed by atoms with Gasteiger partial charge in [0, 0.05) is 0 Å². The first kappa shape index (κ1) is 14.2. The van der Waals surface area contributed by atoms with Crippen LogP contribution in [0.15, 0.2) is 0 Å². The molecule has 0 aromatic carbocycles. The minimum atomic E-state index is -5.16. The Bertz CT molecular complexity index is 161. The second kappa shape index (κ2) is 4.78. The molecule has 2 atom stereocenters. The Hall–Kier alpha value is 0.150. The molecular weight excluding hydrogens is 215 g/mol. The summed E-state index contributed by atoms with van der Waals surface area (Å²) in [4.78, 5) is 27.8. The van der Waals surface area contributed by atoms with Gasteiger partial charge in [-0.3, -0.25) is 0 Å². The van der Waals surface area contributed by atoms with Crippen LogP contribution in [0, 0.1) is 0 Å². The van der Waals surface area contributed by atoms with Crippen molar-refractivity contribution in [2.75, 3.05) is 25.5 Å². The SMILES string of the molecule is OCC(O)CP(O)(O)(O)CC(O)CO. The van der Waals surface area contributed by atoms with E-state index in [1.165, 1.54) is 0 Å². The molecule has 8 heteroatoms. The van der Waals surface area contributed by atoms with E-state index in [1.54, 1.807) is 0 Å². The molecule has 88 valence electrons. The molecule has 0 radical (unpaired) electrons. The van der Waals surface area contributed by atoms with E-state index < -0.39 is 45.0 Å². The molecule has 0 heterocycles. The van der Waals surface area contributed by atoms with Gasteiger partial charge in [-0.05, 0) is 0 Å². The van der Waals surface area contributed by atoms with Crippen molar-refractivity contribution in [3.8, 4) is 0 Å². The van der Waals surface area contributed by atoms with Crippen LogP contribution in [0.4, 0.5) is 0 Å².